The van der Waals surface area contributed by atoms with Crippen LogP contribution in [0.1, 0.15) is 12.0 Å². The minimum Gasteiger partial charge on any atom is -0.397 e. The van der Waals surface area contributed by atoms with Crippen LogP contribution in [0.25, 0.3) is 0 Å². The number of nitrogen functional groups attached to an aromatic ring is 1. The summed E-state index contributed by atoms with van der Waals surface area (Å²) >= 11 is 0. The molecule has 0 spiro atoms. The molecular formula is C15H15N3O. The highest BCUT2D eigenvalue weighted by Crippen LogP contribution is 2.28. The first-order valence-corrected chi connectivity index (χ1v) is 6.27. The SMILES string of the molecule is Nc1ccccc1Nc1ccc2c(c1)CCC(=O)N2. The number of nitrogens with one attached hydrogen (secondary N) is 2. The fraction of sp³-hybridized carbons (Fsp3) is 0.133. The molecule has 1 aliphatic heterocycles. The first kappa shape index (κ1) is 11.6. The van der Waals surface area contributed by atoms with Crippen LogP contribution in [-0.4, -0.2) is 5.91 Å². The van der Waals surface area contributed by atoms with Crippen molar-refractivity contribution in [3.05, 3.63) is 48.0 Å². The standard InChI is InChI=1S/C15H15N3O/c16-12-3-1-2-4-14(12)17-11-6-7-13-10(9-11)5-8-15(19)18-13/h1-4,6-7,9,17H,5,8,16H2,(H,18,19). The van der Waals surface area contributed by atoms with E-state index in [2.05, 4.69) is 16.7 Å². The van der Waals surface area contributed by atoms with Crippen LogP contribution in [0.4, 0.5) is 22.7 Å². The number of hydrogen-bond donors (Lipinski definition) is 3. The van der Waals surface area contributed by atoms with Crippen LogP contribution in [0.5, 0.6) is 0 Å². The fourth-order valence-corrected chi connectivity index (χ4v) is 2.23. The summed E-state index contributed by atoms with van der Waals surface area (Å²) in [4.78, 5) is 11.3. The summed E-state index contributed by atoms with van der Waals surface area (Å²) in [6.07, 6.45) is 1.32. The number of hydrogen-bond acceptors (Lipinski definition) is 3. The summed E-state index contributed by atoms with van der Waals surface area (Å²) in [5, 5.41) is 6.17. The van der Waals surface area contributed by atoms with Crippen LogP contribution >= 0.6 is 0 Å². The third-order valence-electron chi connectivity index (χ3n) is 3.24. The molecule has 1 amide bonds. The Bertz CT molecular complexity index is 637. The number of anilines is 4. The highest BCUT2D eigenvalue weighted by molar-refractivity contribution is 5.94. The number of para-hydroxylation sites is 2. The summed E-state index contributed by atoms with van der Waals surface area (Å²) in [5.41, 5.74) is 10.5. The molecule has 0 bridgehead atoms. The Hall–Kier alpha value is -2.49. The molecular weight excluding hydrogens is 238 g/mol. The van der Waals surface area contributed by atoms with E-state index in [-0.39, 0.29) is 5.91 Å². The van der Waals surface area contributed by atoms with Crippen molar-refractivity contribution in [2.24, 2.45) is 0 Å². The third-order valence-corrected chi connectivity index (χ3v) is 3.24. The number of benzene rings is 2. The molecule has 0 saturated carbocycles. The summed E-state index contributed by atoms with van der Waals surface area (Å²) < 4.78 is 0. The topological polar surface area (TPSA) is 67.1 Å². The van der Waals surface area contributed by atoms with Gasteiger partial charge in [-0.05, 0) is 42.3 Å². The second kappa shape index (κ2) is 4.65. The number of carbonyl (C=O) groups is 1. The molecule has 3 rings (SSSR count). The van der Waals surface area contributed by atoms with Gasteiger partial charge in [-0.2, -0.15) is 0 Å². The predicted octanol–water partition coefficient (Wildman–Crippen LogP) is 2.90. The number of carbonyl (C=O) groups excluding carboxylic acids is 1. The van der Waals surface area contributed by atoms with Crippen molar-refractivity contribution in [2.45, 2.75) is 12.8 Å². The molecule has 0 unspecified atom stereocenters. The zero-order valence-corrected chi connectivity index (χ0v) is 10.4. The molecule has 0 saturated heterocycles. The van der Waals surface area contributed by atoms with Gasteiger partial charge in [0.15, 0.2) is 0 Å². The van der Waals surface area contributed by atoms with Gasteiger partial charge in [0.1, 0.15) is 0 Å². The van der Waals surface area contributed by atoms with E-state index >= 15 is 0 Å². The zero-order valence-electron chi connectivity index (χ0n) is 10.4. The van der Waals surface area contributed by atoms with Crippen LogP contribution in [-0.2, 0) is 11.2 Å². The second-order valence-corrected chi connectivity index (χ2v) is 4.63. The number of aryl methyl sites for hydroxylation is 1. The number of nitrogens with two attached hydrogens (primary N) is 1. The van der Waals surface area contributed by atoms with E-state index in [9.17, 15) is 4.79 Å². The van der Waals surface area contributed by atoms with Crippen molar-refractivity contribution in [3.63, 3.8) is 0 Å². The Morgan fingerprint density at radius 2 is 1.95 bits per heavy atom. The van der Waals surface area contributed by atoms with Gasteiger partial charge in [-0.15, -0.1) is 0 Å². The van der Waals surface area contributed by atoms with Gasteiger partial charge in [-0.25, -0.2) is 0 Å². The summed E-state index contributed by atoms with van der Waals surface area (Å²) in [6, 6.07) is 13.6. The average molecular weight is 253 g/mol. The van der Waals surface area contributed by atoms with E-state index in [4.69, 9.17) is 5.73 Å². The van der Waals surface area contributed by atoms with Crippen molar-refractivity contribution in [3.8, 4) is 0 Å². The highest BCUT2D eigenvalue weighted by Gasteiger charge is 2.14. The van der Waals surface area contributed by atoms with E-state index in [1.165, 1.54) is 0 Å². The molecule has 4 nitrogen and oxygen atoms in total. The lowest BCUT2D eigenvalue weighted by Gasteiger charge is -2.18. The molecule has 0 radical (unpaired) electrons. The van der Waals surface area contributed by atoms with E-state index in [0.29, 0.717) is 12.1 Å². The quantitative estimate of drug-likeness (QED) is 0.721. The Balaban J connectivity index is 1.87. The minimum atomic E-state index is 0.0838. The molecule has 4 heteroatoms. The van der Waals surface area contributed by atoms with Crippen molar-refractivity contribution in [2.75, 3.05) is 16.4 Å². The smallest absolute Gasteiger partial charge is 0.224 e. The van der Waals surface area contributed by atoms with E-state index < -0.39 is 0 Å². The van der Waals surface area contributed by atoms with Crippen LogP contribution in [0.15, 0.2) is 42.5 Å². The highest BCUT2D eigenvalue weighted by atomic mass is 16.1. The first-order chi connectivity index (χ1) is 9.22. The largest absolute Gasteiger partial charge is 0.397 e. The van der Waals surface area contributed by atoms with Gasteiger partial charge in [0, 0.05) is 17.8 Å². The first-order valence-electron chi connectivity index (χ1n) is 6.27. The number of fused-ring (bicyclic) bond motifs is 1. The van der Waals surface area contributed by atoms with Gasteiger partial charge in [0.25, 0.3) is 0 Å². The van der Waals surface area contributed by atoms with E-state index in [1.54, 1.807) is 0 Å². The molecule has 96 valence electrons. The van der Waals surface area contributed by atoms with Gasteiger partial charge in [-0.1, -0.05) is 12.1 Å². The van der Waals surface area contributed by atoms with Crippen LogP contribution < -0.4 is 16.4 Å². The van der Waals surface area contributed by atoms with Crippen LogP contribution in [0.3, 0.4) is 0 Å². The normalized spacial score (nSPS) is 13.6. The molecule has 2 aromatic carbocycles. The van der Waals surface area contributed by atoms with Crippen molar-refractivity contribution in [1.82, 2.24) is 0 Å². The summed E-state index contributed by atoms with van der Waals surface area (Å²) in [5.74, 6) is 0.0838. The second-order valence-electron chi connectivity index (χ2n) is 4.63. The maximum Gasteiger partial charge on any atom is 0.224 e. The predicted molar refractivity (Wildman–Crippen MR) is 77.5 cm³/mol. The molecule has 1 heterocycles. The van der Waals surface area contributed by atoms with Gasteiger partial charge < -0.3 is 16.4 Å². The van der Waals surface area contributed by atoms with Gasteiger partial charge >= 0.3 is 0 Å². The molecule has 4 N–H and O–H groups in total. The van der Waals surface area contributed by atoms with Crippen molar-refractivity contribution in [1.29, 1.82) is 0 Å². The molecule has 0 aliphatic carbocycles. The zero-order chi connectivity index (χ0) is 13.2. The van der Waals surface area contributed by atoms with Gasteiger partial charge in [0.2, 0.25) is 5.91 Å². The maximum absolute atomic E-state index is 11.3. The summed E-state index contributed by atoms with van der Waals surface area (Å²) in [7, 11) is 0. The Morgan fingerprint density at radius 3 is 2.79 bits per heavy atom. The Kier molecular flexibility index (Phi) is 2.83. The average Bonchev–Trinajstić information content (AvgIpc) is 2.41. The van der Waals surface area contributed by atoms with Crippen LogP contribution in [0, 0.1) is 0 Å². The maximum atomic E-state index is 11.3. The number of rotatable bonds is 2. The third kappa shape index (κ3) is 2.38. The summed E-state index contributed by atoms with van der Waals surface area (Å²) in [6.45, 7) is 0. The molecule has 1 aliphatic rings. The lowest BCUT2D eigenvalue weighted by atomic mass is 10.0. The lowest BCUT2D eigenvalue weighted by Crippen LogP contribution is -2.18. The Labute approximate surface area is 111 Å². The van der Waals surface area contributed by atoms with Crippen molar-refractivity contribution >= 4 is 28.7 Å². The minimum absolute atomic E-state index is 0.0838. The molecule has 19 heavy (non-hydrogen) atoms. The fourth-order valence-electron chi connectivity index (χ4n) is 2.23. The molecule has 0 aromatic heterocycles. The molecule has 0 fully saturated rings. The van der Waals surface area contributed by atoms with Crippen molar-refractivity contribution < 1.29 is 4.79 Å². The van der Waals surface area contributed by atoms with E-state index in [0.717, 1.165) is 29.0 Å². The lowest BCUT2D eigenvalue weighted by molar-refractivity contribution is -0.116. The molecule has 0 atom stereocenters. The Morgan fingerprint density at radius 1 is 1.11 bits per heavy atom. The monoisotopic (exact) mass is 253 g/mol. The molecule has 2 aromatic rings. The van der Waals surface area contributed by atoms with Crippen LogP contribution in [0.2, 0.25) is 0 Å². The van der Waals surface area contributed by atoms with Gasteiger partial charge in [-0.3, -0.25) is 4.79 Å². The number of amides is 1. The van der Waals surface area contributed by atoms with Gasteiger partial charge in [0.05, 0.1) is 11.4 Å². The van der Waals surface area contributed by atoms with E-state index in [1.807, 2.05) is 36.4 Å².